The van der Waals surface area contributed by atoms with Crippen LogP contribution in [-0.2, 0) is 0 Å². The van der Waals surface area contributed by atoms with Crippen molar-refractivity contribution in [3.05, 3.63) is 97.2 Å². The van der Waals surface area contributed by atoms with E-state index >= 15 is 0 Å². The number of fused-ring (bicyclic) bond motifs is 3. The average molecular weight is 447 g/mol. The van der Waals surface area contributed by atoms with Gasteiger partial charge in [0, 0.05) is 0 Å². The van der Waals surface area contributed by atoms with E-state index in [1.54, 1.807) is 0 Å². The van der Waals surface area contributed by atoms with E-state index in [1.165, 1.54) is 52.2 Å². The van der Waals surface area contributed by atoms with Gasteiger partial charge in [0.1, 0.15) is 0 Å². The molecule has 7 rings (SSSR count). The molecule has 0 fully saturated rings. The summed E-state index contributed by atoms with van der Waals surface area (Å²) < 4.78 is 5.31. The Labute approximate surface area is 178 Å². The van der Waals surface area contributed by atoms with Gasteiger partial charge in [0.05, 0.1) is 0 Å². The van der Waals surface area contributed by atoms with Crippen molar-refractivity contribution in [2.24, 2.45) is 0 Å². The van der Waals surface area contributed by atoms with Crippen LogP contribution in [0.4, 0.5) is 0 Å². The molecule has 0 aliphatic heterocycles. The molecule has 0 amide bonds. The monoisotopic (exact) mass is 448 g/mol. The molecule has 140 valence electrons. The van der Waals surface area contributed by atoms with Crippen LogP contribution in [-0.4, -0.2) is 24.1 Å². The Morgan fingerprint density at radius 1 is 0.633 bits per heavy atom. The molecule has 0 saturated carbocycles. The second-order valence-electron chi connectivity index (χ2n) is 7.67. The zero-order chi connectivity index (χ0) is 19.7. The summed E-state index contributed by atoms with van der Waals surface area (Å²) in [5.74, 6) is 0. The third kappa shape index (κ3) is 2.16. The SMILES string of the molecule is c1ccc(-n2c3cc4ccccc4cc3c3nccc4[se]c5cccc2c5c43)cc1. The first kappa shape index (κ1) is 16.4. The van der Waals surface area contributed by atoms with Crippen molar-refractivity contribution in [1.82, 2.24) is 9.55 Å². The van der Waals surface area contributed by atoms with E-state index in [0.29, 0.717) is 14.5 Å². The van der Waals surface area contributed by atoms with E-state index in [0.717, 1.165) is 5.52 Å². The van der Waals surface area contributed by atoms with E-state index in [4.69, 9.17) is 4.98 Å². The summed E-state index contributed by atoms with van der Waals surface area (Å²) in [7, 11) is 0. The van der Waals surface area contributed by atoms with Crippen molar-refractivity contribution in [1.29, 1.82) is 0 Å². The quantitative estimate of drug-likeness (QED) is 0.256. The van der Waals surface area contributed by atoms with Gasteiger partial charge in [0.25, 0.3) is 0 Å². The van der Waals surface area contributed by atoms with Crippen LogP contribution in [0.15, 0.2) is 97.2 Å². The van der Waals surface area contributed by atoms with E-state index in [9.17, 15) is 0 Å². The van der Waals surface area contributed by atoms with Crippen molar-refractivity contribution < 1.29 is 0 Å². The van der Waals surface area contributed by atoms with Crippen LogP contribution in [0.25, 0.3) is 57.7 Å². The van der Waals surface area contributed by atoms with Crippen LogP contribution in [0.5, 0.6) is 0 Å². The van der Waals surface area contributed by atoms with Gasteiger partial charge in [0.15, 0.2) is 0 Å². The van der Waals surface area contributed by atoms with Gasteiger partial charge in [-0.1, -0.05) is 0 Å². The van der Waals surface area contributed by atoms with Crippen molar-refractivity contribution >= 4 is 66.5 Å². The summed E-state index contributed by atoms with van der Waals surface area (Å²) in [6.45, 7) is 0. The number of aromatic nitrogens is 2. The Morgan fingerprint density at radius 3 is 2.27 bits per heavy atom. The molecule has 4 aromatic carbocycles. The first-order valence-corrected chi connectivity index (χ1v) is 11.8. The van der Waals surface area contributed by atoms with Crippen molar-refractivity contribution in [3.63, 3.8) is 0 Å². The molecule has 3 heterocycles. The molecule has 2 nitrogen and oxygen atoms in total. The van der Waals surface area contributed by atoms with E-state index in [1.807, 2.05) is 6.20 Å². The molecule has 0 radical (unpaired) electrons. The Balaban J connectivity index is 1.90. The third-order valence-electron chi connectivity index (χ3n) is 6.00. The van der Waals surface area contributed by atoms with Crippen LogP contribution >= 0.6 is 0 Å². The predicted molar refractivity (Wildman–Crippen MR) is 128 cm³/mol. The van der Waals surface area contributed by atoms with E-state index in [-0.39, 0.29) is 0 Å². The molecule has 0 unspecified atom stereocenters. The maximum atomic E-state index is 4.93. The summed E-state index contributed by atoms with van der Waals surface area (Å²) in [5.41, 5.74) is 4.73. The number of para-hydroxylation sites is 1. The second-order valence-corrected chi connectivity index (χ2v) is 9.95. The molecule has 30 heavy (non-hydrogen) atoms. The van der Waals surface area contributed by atoms with Gasteiger partial charge >= 0.3 is 179 Å². The summed E-state index contributed by atoms with van der Waals surface area (Å²) >= 11 is 0.315. The van der Waals surface area contributed by atoms with Gasteiger partial charge in [-0.15, -0.1) is 0 Å². The van der Waals surface area contributed by atoms with Crippen LogP contribution in [0.2, 0.25) is 0 Å². The topological polar surface area (TPSA) is 17.8 Å². The molecule has 7 aromatic rings. The molecule has 0 bridgehead atoms. The average Bonchev–Trinajstić information content (AvgIpc) is 3.13. The standard InChI is InChI=1S/C27H16N2Se/c1-2-9-19(10-3-1)29-21-11-6-12-23-25(21)26-24(30-23)13-14-28-27(26)20-15-17-7-4-5-8-18(17)16-22(20)29/h1-16H. The minimum absolute atomic E-state index is 0.315. The van der Waals surface area contributed by atoms with Gasteiger partial charge in [-0.2, -0.15) is 0 Å². The van der Waals surface area contributed by atoms with Crippen LogP contribution in [0.1, 0.15) is 0 Å². The molecular weight excluding hydrogens is 431 g/mol. The molecule has 0 N–H and O–H groups in total. The van der Waals surface area contributed by atoms with E-state index in [2.05, 4.69) is 95.6 Å². The van der Waals surface area contributed by atoms with Crippen LogP contribution in [0, 0.1) is 0 Å². The van der Waals surface area contributed by atoms with Gasteiger partial charge < -0.3 is 0 Å². The summed E-state index contributed by atoms with van der Waals surface area (Å²) in [6.07, 6.45) is 1.98. The molecule has 3 heteroatoms. The van der Waals surface area contributed by atoms with Crippen molar-refractivity contribution in [2.75, 3.05) is 0 Å². The van der Waals surface area contributed by atoms with Gasteiger partial charge in [0.2, 0.25) is 0 Å². The third-order valence-corrected chi connectivity index (χ3v) is 8.35. The van der Waals surface area contributed by atoms with Crippen molar-refractivity contribution in [2.45, 2.75) is 0 Å². The Hall–Kier alpha value is -3.39. The second kappa shape index (κ2) is 6.06. The Bertz CT molecular complexity index is 1740. The predicted octanol–water partition coefficient (Wildman–Crippen LogP) is 6.70. The number of hydrogen-bond donors (Lipinski definition) is 0. The fraction of sp³-hybridized carbons (Fsp3) is 0. The van der Waals surface area contributed by atoms with Gasteiger partial charge in [-0.25, -0.2) is 0 Å². The van der Waals surface area contributed by atoms with Crippen molar-refractivity contribution in [3.8, 4) is 5.69 Å². The molecule has 0 aliphatic carbocycles. The fourth-order valence-electron chi connectivity index (χ4n) is 4.72. The number of nitrogens with zero attached hydrogens (tertiary/aromatic N) is 2. The number of pyridine rings is 1. The summed E-state index contributed by atoms with van der Waals surface area (Å²) in [4.78, 5) is 4.93. The zero-order valence-electron chi connectivity index (χ0n) is 16.0. The Morgan fingerprint density at radius 2 is 1.40 bits per heavy atom. The minimum atomic E-state index is 0.315. The Kier molecular flexibility index (Phi) is 3.31. The molecule has 3 aromatic heterocycles. The van der Waals surface area contributed by atoms with Gasteiger partial charge in [-0.05, 0) is 0 Å². The van der Waals surface area contributed by atoms with E-state index < -0.39 is 0 Å². The molecule has 0 aliphatic rings. The maximum absolute atomic E-state index is 4.93. The molecular formula is C27H16N2Se. The van der Waals surface area contributed by atoms with Gasteiger partial charge in [-0.3, -0.25) is 0 Å². The zero-order valence-corrected chi connectivity index (χ0v) is 17.8. The molecule has 0 spiro atoms. The number of rotatable bonds is 1. The first-order chi connectivity index (χ1) is 14.9. The van der Waals surface area contributed by atoms with Crippen LogP contribution < -0.4 is 0 Å². The molecule has 0 atom stereocenters. The van der Waals surface area contributed by atoms with Crippen LogP contribution in [0.3, 0.4) is 0 Å². The number of hydrogen-bond acceptors (Lipinski definition) is 1. The fourth-order valence-corrected chi connectivity index (χ4v) is 7.08. The summed E-state index contributed by atoms with van der Waals surface area (Å²) in [6, 6.07) is 32.9. The normalized spacial score (nSPS) is 12.0. The summed E-state index contributed by atoms with van der Waals surface area (Å²) in [5, 5.41) is 6.39. The number of benzene rings is 4. The molecule has 0 saturated heterocycles. The first-order valence-electron chi connectivity index (χ1n) is 10.1.